The first-order chi connectivity index (χ1) is 14.7. The highest BCUT2D eigenvalue weighted by molar-refractivity contribution is 7.99. The molecule has 4 rings (SSSR count). The van der Waals surface area contributed by atoms with Crippen molar-refractivity contribution in [3.63, 3.8) is 0 Å². The number of carboxylic acid groups (broad SMARTS) is 1. The molecule has 0 saturated carbocycles. The number of carboxylic acids is 1. The number of pyridine rings is 1. The molecular formula is C25H21NO3S. The molecule has 0 saturated heterocycles. The molecule has 0 fully saturated rings. The quantitative estimate of drug-likeness (QED) is 0.383. The maximum atomic E-state index is 11.0. The van der Waals surface area contributed by atoms with Crippen molar-refractivity contribution in [3.8, 4) is 5.75 Å². The van der Waals surface area contributed by atoms with E-state index in [1.165, 1.54) is 0 Å². The summed E-state index contributed by atoms with van der Waals surface area (Å²) < 4.78 is 6.03. The Balaban J connectivity index is 1.53. The average Bonchev–Trinajstić information content (AvgIpc) is 2.77. The van der Waals surface area contributed by atoms with Crippen molar-refractivity contribution >= 4 is 28.6 Å². The molecule has 3 aromatic carbocycles. The first-order valence-electron chi connectivity index (χ1n) is 9.71. The van der Waals surface area contributed by atoms with E-state index in [1.807, 2.05) is 79.0 Å². The molecule has 5 heteroatoms. The Morgan fingerprint density at radius 1 is 0.967 bits per heavy atom. The Kier molecular flexibility index (Phi) is 6.30. The molecule has 4 nitrogen and oxygen atoms in total. The zero-order valence-electron chi connectivity index (χ0n) is 16.3. The number of hydrogen-bond acceptors (Lipinski definition) is 4. The van der Waals surface area contributed by atoms with Gasteiger partial charge in [-0.25, -0.2) is 0 Å². The van der Waals surface area contributed by atoms with E-state index in [1.54, 1.807) is 11.8 Å². The lowest BCUT2D eigenvalue weighted by Gasteiger charge is -2.12. The van der Waals surface area contributed by atoms with Crippen molar-refractivity contribution in [2.45, 2.75) is 29.2 Å². The number of ether oxygens (including phenoxy) is 1. The highest BCUT2D eigenvalue weighted by Crippen LogP contribution is 2.34. The van der Waals surface area contributed by atoms with Gasteiger partial charge in [0.15, 0.2) is 0 Å². The van der Waals surface area contributed by atoms with E-state index in [0.29, 0.717) is 13.0 Å². The van der Waals surface area contributed by atoms with Gasteiger partial charge >= 0.3 is 5.97 Å². The Bertz CT molecular complexity index is 1160. The summed E-state index contributed by atoms with van der Waals surface area (Å²) in [5.74, 6) is -0.0459. The van der Waals surface area contributed by atoms with Crippen molar-refractivity contribution in [1.29, 1.82) is 0 Å². The Labute approximate surface area is 179 Å². The zero-order chi connectivity index (χ0) is 20.8. The van der Waals surface area contributed by atoms with Crippen LogP contribution in [0.15, 0.2) is 94.9 Å². The van der Waals surface area contributed by atoms with Gasteiger partial charge < -0.3 is 9.84 Å². The SMILES string of the molecule is O=C(O)CCc1ccc(OCc2cnc3ccccc3c2)cc1Sc1ccccc1. The summed E-state index contributed by atoms with van der Waals surface area (Å²) in [6.45, 7) is 0.418. The van der Waals surface area contributed by atoms with Gasteiger partial charge in [-0.3, -0.25) is 9.78 Å². The number of aryl methyl sites for hydroxylation is 1. The van der Waals surface area contributed by atoms with Crippen LogP contribution in [0.25, 0.3) is 10.9 Å². The number of carbonyl (C=O) groups is 1. The largest absolute Gasteiger partial charge is 0.489 e. The lowest BCUT2D eigenvalue weighted by atomic mass is 10.1. The van der Waals surface area contributed by atoms with E-state index in [0.717, 1.165) is 37.6 Å². The molecule has 0 radical (unpaired) electrons. The topological polar surface area (TPSA) is 59.4 Å². The zero-order valence-corrected chi connectivity index (χ0v) is 17.1. The van der Waals surface area contributed by atoms with Crippen molar-refractivity contribution in [1.82, 2.24) is 4.98 Å². The molecule has 1 N–H and O–H groups in total. The number of fused-ring (bicyclic) bond motifs is 1. The Hall–Kier alpha value is -3.31. The maximum Gasteiger partial charge on any atom is 0.303 e. The standard InChI is InChI=1S/C25H21NO3S/c27-25(28)13-11-19-10-12-21(15-24(19)30-22-7-2-1-3-8-22)29-17-18-14-20-6-4-5-9-23(20)26-16-18/h1-10,12,14-16H,11,13,17H2,(H,27,28). The fourth-order valence-electron chi connectivity index (χ4n) is 3.15. The second kappa shape index (κ2) is 9.46. The first-order valence-corrected chi connectivity index (χ1v) is 10.5. The average molecular weight is 416 g/mol. The van der Waals surface area contributed by atoms with Gasteiger partial charge in [0.25, 0.3) is 0 Å². The van der Waals surface area contributed by atoms with Gasteiger partial charge in [-0.05, 0) is 48.4 Å². The van der Waals surface area contributed by atoms with Gasteiger partial charge in [-0.1, -0.05) is 54.2 Å². The highest BCUT2D eigenvalue weighted by Gasteiger charge is 2.09. The Morgan fingerprint density at radius 2 is 1.77 bits per heavy atom. The van der Waals surface area contributed by atoms with Crippen LogP contribution in [0, 0.1) is 0 Å². The third-order valence-corrected chi connectivity index (χ3v) is 5.78. The second-order valence-electron chi connectivity index (χ2n) is 6.90. The minimum absolute atomic E-state index is 0.102. The van der Waals surface area contributed by atoms with E-state index in [-0.39, 0.29) is 6.42 Å². The maximum absolute atomic E-state index is 11.0. The smallest absolute Gasteiger partial charge is 0.303 e. The van der Waals surface area contributed by atoms with Crippen molar-refractivity contribution in [3.05, 3.63) is 96.2 Å². The third kappa shape index (κ3) is 5.19. The summed E-state index contributed by atoms with van der Waals surface area (Å²) in [6, 6.07) is 26.0. The lowest BCUT2D eigenvalue weighted by Crippen LogP contribution is -2.00. The molecule has 4 aromatic rings. The van der Waals surface area contributed by atoms with E-state index in [9.17, 15) is 4.79 Å². The van der Waals surface area contributed by atoms with Gasteiger partial charge in [0.1, 0.15) is 12.4 Å². The van der Waals surface area contributed by atoms with Crippen LogP contribution in [0.1, 0.15) is 17.5 Å². The summed E-state index contributed by atoms with van der Waals surface area (Å²) in [6.07, 6.45) is 2.42. The van der Waals surface area contributed by atoms with Crippen molar-refractivity contribution in [2.24, 2.45) is 0 Å². The third-order valence-electron chi connectivity index (χ3n) is 4.67. The molecule has 0 aliphatic rings. The van der Waals surface area contributed by atoms with Crippen LogP contribution in [0.5, 0.6) is 5.75 Å². The first kappa shape index (κ1) is 20.0. The number of benzene rings is 3. The number of aliphatic carboxylic acids is 1. The predicted octanol–water partition coefficient (Wildman–Crippen LogP) is 5.98. The number of aromatic nitrogens is 1. The molecule has 0 amide bonds. The summed E-state index contributed by atoms with van der Waals surface area (Å²) in [5, 5.41) is 10.1. The molecule has 0 unspecified atom stereocenters. The fraction of sp³-hybridized carbons (Fsp3) is 0.120. The number of para-hydroxylation sites is 1. The number of nitrogens with zero attached hydrogens (tertiary/aromatic N) is 1. The van der Waals surface area contributed by atoms with Crippen LogP contribution in [0.2, 0.25) is 0 Å². The fourth-order valence-corrected chi connectivity index (χ4v) is 4.17. The monoisotopic (exact) mass is 415 g/mol. The van der Waals surface area contributed by atoms with E-state index in [2.05, 4.69) is 11.1 Å². The summed E-state index contributed by atoms with van der Waals surface area (Å²) >= 11 is 1.62. The highest BCUT2D eigenvalue weighted by atomic mass is 32.2. The molecule has 150 valence electrons. The summed E-state index contributed by atoms with van der Waals surface area (Å²) in [5.41, 5.74) is 2.97. The van der Waals surface area contributed by atoms with Crippen molar-refractivity contribution in [2.75, 3.05) is 0 Å². The van der Waals surface area contributed by atoms with Crippen LogP contribution in [-0.4, -0.2) is 16.1 Å². The Morgan fingerprint density at radius 3 is 2.60 bits per heavy atom. The molecule has 1 aromatic heterocycles. The minimum Gasteiger partial charge on any atom is -0.489 e. The molecule has 0 spiro atoms. The predicted molar refractivity (Wildman–Crippen MR) is 119 cm³/mol. The van der Waals surface area contributed by atoms with E-state index >= 15 is 0 Å². The van der Waals surface area contributed by atoms with Gasteiger partial charge in [0, 0.05) is 33.4 Å². The van der Waals surface area contributed by atoms with Gasteiger partial charge in [-0.2, -0.15) is 0 Å². The van der Waals surface area contributed by atoms with Gasteiger partial charge in [0.2, 0.25) is 0 Å². The minimum atomic E-state index is -0.796. The summed E-state index contributed by atoms with van der Waals surface area (Å²) in [7, 11) is 0. The normalized spacial score (nSPS) is 10.8. The number of rotatable bonds is 8. The van der Waals surface area contributed by atoms with Crippen molar-refractivity contribution < 1.29 is 14.6 Å². The summed E-state index contributed by atoms with van der Waals surface area (Å²) in [4.78, 5) is 17.6. The molecular weight excluding hydrogens is 394 g/mol. The van der Waals surface area contributed by atoms with Crippen LogP contribution in [0.4, 0.5) is 0 Å². The number of hydrogen-bond donors (Lipinski definition) is 1. The van der Waals surface area contributed by atoms with Crippen LogP contribution >= 0.6 is 11.8 Å². The molecule has 0 aliphatic heterocycles. The van der Waals surface area contributed by atoms with E-state index < -0.39 is 5.97 Å². The molecule has 0 aliphatic carbocycles. The van der Waals surface area contributed by atoms with Crippen LogP contribution in [0.3, 0.4) is 0 Å². The van der Waals surface area contributed by atoms with E-state index in [4.69, 9.17) is 9.84 Å². The van der Waals surface area contributed by atoms with Gasteiger partial charge in [0.05, 0.1) is 5.52 Å². The second-order valence-corrected chi connectivity index (χ2v) is 8.02. The molecule has 0 bridgehead atoms. The lowest BCUT2D eigenvalue weighted by molar-refractivity contribution is -0.136. The van der Waals surface area contributed by atoms with Crippen LogP contribution in [-0.2, 0) is 17.8 Å². The molecule has 30 heavy (non-hydrogen) atoms. The van der Waals surface area contributed by atoms with Crippen LogP contribution < -0.4 is 4.74 Å². The molecule has 0 atom stereocenters. The molecule has 1 heterocycles. The van der Waals surface area contributed by atoms with Gasteiger partial charge in [-0.15, -0.1) is 0 Å².